The molecule has 1 aliphatic rings. The normalized spacial score (nSPS) is 27.6. The number of halogens is 2. The molecule has 1 unspecified atom stereocenters. The predicted molar refractivity (Wildman–Crippen MR) is 95.2 cm³/mol. The molecule has 0 saturated heterocycles. The lowest BCUT2D eigenvalue weighted by Crippen LogP contribution is -2.40. The molecule has 0 amide bonds. The Labute approximate surface area is 144 Å². The van der Waals surface area contributed by atoms with E-state index in [-0.39, 0.29) is 5.41 Å². The van der Waals surface area contributed by atoms with Crippen molar-refractivity contribution < 1.29 is 5.11 Å². The number of aliphatic hydroxyl groups is 1. The molecule has 1 atom stereocenters. The molecular weight excluding hydrogens is 394 g/mol. The van der Waals surface area contributed by atoms with E-state index in [4.69, 9.17) is 5.73 Å². The summed E-state index contributed by atoms with van der Waals surface area (Å²) in [5.74, 6) is 0.818. The van der Waals surface area contributed by atoms with E-state index < -0.39 is 6.10 Å². The highest BCUT2D eigenvalue weighted by atomic mass is 79.9. The highest BCUT2D eigenvalue weighted by molar-refractivity contribution is 9.13. The van der Waals surface area contributed by atoms with Gasteiger partial charge in [-0.15, -0.1) is 0 Å². The average Bonchev–Trinajstić information content (AvgIpc) is 2.51. The Morgan fingerprint density at radius 2 is 1.95 bits per heavy atom. The molecule has 0 radical (unpaired) electrons. The molecule has 3 N–H and O–H groups in total. The lowest BCUT2D eigenvalue weighted by Gasteiger charge is -2.43. The van der Waals surface area contributed by atoms with Crippen molar-refractivity contribution >= 4 is 31.9 Å². The van der Waals surface area contributed by atoms with E-state index in [2.05, 4.69) is 38.8 Å². The number of hydrogen-bond acceptors (Lipinski definition) is 2. The Bertz CT molecular complexity index is 470. The summed E-state index contributed by atoms with van der Waals surface area (Å²) in [4.78, 5) is 0. The molecule has 1 fully saturated rings. The third-order valence-electron chi connectivity index (χ3n) is 5.04. The van der Waals surface area contributed by atoms with E-state index >= 15 is 0 Å². The van der Waals surface area contributed by atoms with Crippen LogP contribution < -0.4 is 5.73 Å². The molecule has 0 aromatic heterocycles. The summed E-state index contributed by atoms with van der Waals surface area (Å²) in [6.45, 7) is 2.81. The summed E-state index contributed by atoms with van der Waals surface area (Å²) in [5, 5.41) is 10.9. The van der Waals surface area contributed by atoms with Crippen LogP contribution in [0.1, 0.15) is 57.1 Å². The van der Waals surface area contributed by atoms with Gasteiger partial charge in [-0.2, -0.15) is 0 Å². The molecule has 1 aromatic rings. The van der Waals surface area contributed by atoms with E-state index in [0.717, 1.165) is 33.3 Å². The fraction of sp³-hybridized carbons (Fsp3) is 0.647. The molecule has 1 aliphatic carbocycles. The largest absolute Gasteiger partial charge is 0.388 e. The first-order valence-electron chi connectivity index (χ1n) is 7.85. The molecule has 0 aliphatic heterocycles. The number of rotatable bonds is 5. The van der Waals surface area contributed by atoms with Gasteiger partial charge in [-0.05, 0) is 81.2 Å². The minimum atomic E-state index is -0.477. The van der Waals surface area contributed by atoms with E-state index in [1.807, 2.05) is 18.2 Å². The summed E-state index contributed by atoms with van der Waals surface area (Å²) < 4.78 is 1.98. The fourth-order valence-electron chi connectivity index (χ4n) is 3.57. The predicted octanol–water partition coefficient (Wildman–Crippen LogP) is 5.18. The lowest BCUT2D eigenvalue weighted by atomic mass is 9.65. The van der Waals surface area contributed by atoms with Crippen LogP contribution in [-0.4, -0.2) is 11.7 Å². The Morgan fingerprint density at radius 3 is 2.48 bits per heavy atom. The van der Waals surface area contributed by atoms with Gasteiger partial charge in [0.15, 0.2) is 0 Å². The number of hydrogen-bond donors (Lipinski definition) is 2. The van der Waals surface area contributed by atoms with Crippen molar-refractivity contribution in [1.82, 2.24) is 0 Å². The molecular formula is C17H25Br2NO. The number of benzene rings is 1. The van der Waals surface area contributed by atoms with Crippen LogP contribution in [0, 0.1) is 11.3 Å². The zero-order valence-corrected chi connectivity index (χ0v) is 15.8. The monoisotopic (exact) mass is 417 g/mol. The van der Waals surface area contributed by atoms with Gasteiger partial charge in [0.25, 0.3) is 0 Å². The number of aliphatic hydroxyl groups excluding tert-OH is 1. The first-order chi connectivity index (χ1) is 10.0. The molecule has 0 spiro atoms. The summed E-state index contributed by atoms with van der Waals surface area (Å²) in [7, 11) is 0. The van der Waals surface area contributed by atoms with Crippen molar-refractivity contribution in [1.29, 1.82) is 0 Å². The smallest absolute Gasteiger partial charge is 0.0858 e. The topological polar surface area (TPSA) is 46.2 Å². The van der Waals surface area contributed by atoms with E-state index in [1.54, 1.807) is 0 Å². The van der Waals surface area contributed by atoms with Crippen LogP contribution in [0.4, 0.5) is 0 Å². The molecule has 118 valence electrons. The van der Waals surface area contributed by atoms with E-state index in [0.29, 0.717) is 6.54 Å². The lowest BCUT2D eigenvalue weighted by molar-refractivity contribution is -0.0109. The van der Waals surface area contributed by atoms with Crippen LogP contribution >= 0.6 is 31.9 Å². The van der Waals surface area contributed by atoms with E-state index in [1.165, 1.54) is 25.7 Å². The molecule has 2 rings (SSSR count). The fourth-order valence-corrected chi connectivity index (χ4v) is 4.22. The van der Waals surface area contributed by atoms with Crippen molar-refractivity contribution in [2.24, 2.45) is 17.1 Å². The Hall–Kier alpha value is 0.1000. The standard InChI is InChI=1S/C17H25Br2NO/c1-2-3-12-6-8-17(11-20,9-7-12)16(21)13-4-5-14(18)15(19)10-13/h4-5,10,12,16,21H,2-3,6-9,11,20H2,1H3. The quantitative estimate of drug-likeness (QED) is 0.691. The van der Waals surface area contributed by atoms with E-state index in [9.17, 15) is 5.11 Å². The van der Waals surface area contributed by atoms with Crippen LogP contribution in [0.3, 0.4) is 0 Å². The van der Waals surface area contributed by atoms with Gasteiger partial charge in [0.05, 0.1) is 6.10 Å². The van der Waals surface area contributed by atoms with Crippen LogP contribution in [-0.2, 0) is 0 Å². The highest BCUT2D eigenvalue weighted by Gasteiger charge is 2.40. The van der Waals surface area contributed by atoms with Gasteiger partial charge in [0.2, 0.25) is 0 Å². The van der Waals surface area contributed by atoms with Crippen LogP contribution in [0.15, 0.2) is 27.1 Å². The molecule has 0 heterocycles. The zero-order valence-electron chi connectivity index (χ0n) is 12.6. The Morgan fingerprint density at radius 1 is 1.29 bits per heavy atom. The SMILES string of the molecule is CCCC1CCC(CN)(C(O)c2ccc(Br)c(Br)c2)CC1. The van der Waals surface area contributed by atoms with Crippen molar-refractivity contribution in [2.75, 3.05) is 6.54 Å². The van der Waals surface area contributed by atoms with Gasteiger partial charge in [-0.25, -0.2) is 0 Å². The zero-order chi connectivity index (χ0) is 15.5. The third-order valence-corrected chi connectivity index (χ3v) is 6.92. The van der Waals surface area contributed by atoms with Gasteiger partial charge in [-0.1, -0.05) is 25.8 Å². The first kappa shape index (κ1) is 17.5. The van der Waals surface area contributed by atoms with Gasteiger partial charge >= 0.3 is 0 Å². The van der Waals surface area contributed by atoms with Crippen molar-refractivity contribution in [3.8, 4) is 0 Å². The van der Waals surface area contributed by atoms with Crippen molar-refractivity contribution in [2.45, 2.75) is 51.6 Å². The van der Waals surface area contributed by atoms with Crippen LogP contribution in [0.2, 0.25) is 0 Å². The summed E-state index contributed by atoms with van der Waals surface area (Å²) in [5.41, 5.74) is 6.89. The highest BCUT2D eigenvalue weighted by Crippen LogP contribution is 2.48. The molecule has 0 bridgehead atoms. The molecule has 2 nitrogen and oxygen atoms in total. The molecule has 1 aromatic carbocycles. The summed E-state index contributed by atoms with van der Waals surface area (Å²) in [6.07, 6.45) is 6.53. The minimum Gasteiger partial charge on any atom is -0.388 e. The van der Waals surface area contributed by atoms with Crippen LogP contribution in [0.5, 0.6) is 0 Å². The maximum atomic E-state index is 10.9. The third kappa shape index (κ3) is 3.90. The average molecular weight is 419 g/mol. The second kappa shape index (κ2) is 7.58. The summed E-state index contributed by atoms with van der Waals surface area (Å²) in [6, 6.07) is 5.98. The van der Waals surface area contributed by atoms with Gasteiger partial charge in [-0.3, -0.25) is 0 Å². The molecule has 21 heavy (non-hydrogen) atoms. The first-order valence-corrected chi connectivity index (χ1v) is 9.44. The Kier molecular flexibility index (Phi) is 6.30. The van der Waals surface area contributed by atoms with Gasteiger partial charge in [0.1, 0.15) is 0 Å². The van der Waals surface area contributed by atoms with Crippen molar-refractivity contribution in [3.05, 3.63) is 32.7 Å². The maximum absolute atomic E-state index is 10.9. The molecule has 4 heteroatoms. The number of nitrogens with two attached hydrogens (primary N) is 1. The Balaban J connectivity index is 2.15. The van der Waals surface area contributed by atoms with Gasteiger partial charge in [0, 0.05) is 20.9 Å². The maximum Gasteiger partial charge on any atom is 0.0858 e. The second-order valence-electron chi connectivity index (χ2n) is 6.37. The minimum absolute atomic E-state index is 0.155. The second-order valence-corrected chi connectivity index (χ2v) is 8.08. The molecule has 1 saturated carbocycles. The summed E-state index contributed by atoms with van der Waals surface area (Å²) >= 11 is 7.00. The van der Waals surface area contributed by atoms with Crippen LogP contribution in [0.25, 0.3) is 0 Å². The van der Waals surface area contributed by atoms with Gasteiger partial charge < -0.3 is 10.8 Å². The van der Waals surface area contributed by atoms with Crippen molar-refractivity contribution in [3.63, 3.8) is 0 Å².